The van der Waals surface area contributed by atoms with E-state index in [1.54, 1.807) is 18.3 Å². The Bertz CT molecular complexity index is 1220. The number of nitrogens with one attached hydrogen (secondary N) is 2. The van der Waals surface area contributed by atoms with Crippen molar-refractivity contribution in [1.82, 2.24) is 9.97 Å². The summed E-state index contributed by atoms with van der Waals surface area (Å²) in [6.45, 7) is 6.84. The Labute approximate surface area is 178 Å². The molecule has 0 bridgehead atoms. The summed E-state index contributed by atoms with van der Waals surface area (Å²) in [4.78, 5) is 32.7. The number of carbonyl (C=O) groups is 2. The molecule has 1 saturated carbocycles. The van der Waals surface area contributed by atoms with E-state index in [0.29, 0.717) is 22.6 Å². The molecule has 1 aliphatic carbocycles. The maximum Gasteiger partial charge on any atom is 0.416 e. The van der Waals surface area contributed by atoms with Crippen LogP contribution in [0.5, 0.6) is 0 Å². The number of hydrogen-bond acceptors (Lipinski definition) is 5. The maximum absolute atomic E-state index is 14.2. The minimum Gasteiger partial charge on any atom is -0.416 e. The van der Waals surface area contributed by atoms with Gasteiger partial charge in [-0.3, -0.25) is 15.1 Å². The van der Waals surface area contributed by atoms with Crippen LogP contribution in [-0.2, 0) is 9.53 Å². The van der Waals surface area contributed by atoms with Gasteiger partial charge in [-0.1, -0.05) is 12.6 Å². The summed E-state index contributed by atoms with van der Waals surface area (Å²) in [7, 11) is 0. The van der Waals surface area contributed by atoms with Crippen LogP contribution in [0.1, 0.15) is 25.5 Å². The molecule has 0 spiro atoms. The van der Waals surface area contributed by atoms with Gasteiger partial charge < -0.3 is 10.1 Å². The average Bonchev–Trinajstić information content (AvgIpc) is 3.54. The van der Waals surface area contributed by atoms with E-state index in [9.17, 15) is 14.0 Å². The van der Waals surface area contributed by atoms with Gasteiger partial charge >= 0.3 is 6.09 Å². The number of aryl methyl sites for hydroxylation is 1. The van der Waals surface area contributed by atoms with E-state index >= 15 is 0 Å². The molecule has 4 rings (SSSR count). The van der Waals surface area contributed by atoms with Crippen LogP contribution >= 0.6 is 0 Å². The largest absolute Gasteiger partial charge is 0.416 e. The van der Waals surface area contributed by atoms with Crippen LogP contribution in [-0.4, -0.2) is 22.0 Å². The van der Waals surface area contributed by atoms with E-state index < -0.39 is 11.9 Å². The van der Waals surface area contributed by atoms with Crippen molar-refractivity contribution >= 4 is 34.4 Å². The van der Waals surface area contributed by atoms with Gasteiger partial charge in [0.15, 0.2) is 0 Å². The number of hydrogen-bond donors (Lipinski definition) is 2. The molecule has 158 valence electrons. The number of rotatable bonds is 5. The predicted molar refractivity (Wildman–Crippen MR) is 116 cm³/mol. The molecule has 0 aliphatic heterocycles. The maximum atomic E-state index is 14.2. The lowest BCUT2D eigenvalue weighted by Gasteiger charge is -2.12. The van der Waals surface area contributed by atoms with E-state index in [-0.39, 0.29) is 23.3 Å². The van der Waals surface area contributed by atoms with Gasteiger partial charge in [-0.05, 0) is 50.5 Å². The number of ether oxygens (including phenoxy) is 1. The Balaban J connectivity index is 1.63. The van der Waals surface area contributed by atoms with Gasteiger partial charge in [-0.2, -0.15) is 0 Å². The number of benzene rings is 1. The van der Waals surface area contributed by atoms with E-state index in [2.05, 4.69) is 27.2 Å². The van der Waals surface area contributed by atoms with Gasteiger partial charge in [0.25, 0.3) is 0 Å². The highest BCUT2D eigenvalue weighted by atomic mass is 19.1. The Morgan fingerprint density at radius 1 is 1.19 bits per heavy atom. The lowest BCUT2D eigenvalue weighted by atomic mass is 10.0. The van der Waals surface area contributed by atoms with Crippen LogP contribution in [0.4, 0.5) is 20.7 Å². The van der Waals surface area contributed by atoms with Crippen LogP contribution in [0.15, 0.2) is 48.9 Å². The molecule has 31 heavy (non-hydrogen) atoms. The van der Waals surface area contributed by atoms with Crippen LogP contribution < -0.4 is 10.6 Å². The van der Waals surface area contributed by atoms with Crippen molar-refractivity contribution in [3.63, 3.8) is 0 Å². The summed E-state index contributed by atoms with van der Waals surface area (Å²) >= 11 is 0. The molecule has 1 fully saturated rings. The topological polar surface area (TPSA) is 93.2 Å². The number of aromatic nitrogens is 2. The highest BCUT2D eigenvalue weighted by Gasteiger charge is 2.29. The van der Waals surface area contributed by atoms with Crippen molar-refractivity contribution in [2.24, 2.45) is 5.92 Å². The minimum atomic E-state index is -0.818. The molecule has 8 heteroatoms. The zero-order chi connectivity index (χ0) is 22.1. The Morgan fingerprint density at radius 3 is 2.68 bits per heavy atom. The molecule has 3 aromatic rings. The lowest BCUT2D eigenvalue weighted by Crippen LogP contribution is -2.14. The summed E-state index contributed by atoms with van der Waals surface area (Å²) in [6.07, 6.45) is 2.65. The van der Waals surface area contributed by atoms with Crippen LogP contribution in [0.2, 0.25) is 0 Å². The zero-order valence-electron chi connectivity index (χ0n) is 17.2. The Morgan fingerprint density at radius 2 is 1.97 bits per heavy atom. The molecule has 0 unspecified atom stereocenters. The predicted octanol–water partition coefficient (Wildman–Crippen LogP) is 5.17. The fraction of sp³-hybridized carbons (Fsp3) is 0.217. The van der Waals surface area contributed by atoms with Gasteiger partial charge in [0.05, 0.1) is 17.0 Å². The first-order valence-electron chi connectivity index (χ1n) is 9.82. The van der Waals surface area contributed by atoms with E-state index in [0.717, 1.165) is 23.8 Å². The second-order valence-electron chi connectivity index (χ2n) is 7.56. The van der Waals surface area contributed by atoms with Crippen molar-refractivity contribution < 1.29 is 18.7 Å². The van der Waals surface area contributed by atoms with Gasteiger partial charge in [0.1, 0.15) is 11.6 Å². The second-order valence-corrected chi connectivity index (χ2v) is 7.56. The third-order valence-electron chi connectivity index (χ3n) is 4.87. The molecule has 2 aromatic heterocycles. The second kappa shape index (κ2) is 8.14. The van der Waals surface area contributed by atoms with Crippen LogP contribution in [0.25, 0.3) is 22.0 Å². The third-order valence-corrected chi connectivity index (χ3v) is 4.87. The third kappa shape index (κ3) is 4.69. The number of amides is 2. The molecular weight excluding hydrogens is 399 g/mol. The zero-order valence-corrected chi connectivity index (χ0v) is 17.2. The SMILES string of the molecule is C=C(C)OC(=O)Nc1cc(-c2cc3cnc(NC(=O)C4CC4)cc3nc2C)ccc1F. The van der Waals surface area contributed by atoms with Gasteiger partial charge in [0.2, 0.25) is 5.91 Å². The van der Waals surface area contributed by atoms with Gasteiger partial charge in [-0.15, -0.1) is 0 Å². The Kier molecular flexibility index (Phi) is 5.37. The molecule has 1 aliphatic rings. The van der Waals surface area contributed by atoms with E-state index in [4.69, 9.17) is 4.74 Å². The van der Waals surface area contributed by atoms with Crippen molar-refractivity contribution in [2.45, 2.75) is 26.7 Å². The summed E-state index contributed by atoms with van der Waals surface area (Å²) in [5.41, 5.74) is 2.82. The summed E-state index contributed by atoms with van der Waals surface area (Å²) in [5.74, 6) is 0.143. The van der Waals surface area contributed by atoms with Crippen molar-refractivity contribution in [3.05, 3.63) is 60.4 Å². The molecule has 0 atom stereocenters. The first kappa shape index (κ1) is 20.5. The number of fused-ring (bicyclic) bond motifs is 1. The number of allylic oxidation sites excluding steroid dienone is 1. The molecule has 2 N–H and O–H groups in total. The summed E-state index contributed by atoms with van der Waals surface area (Å²) in [5, 5.41) is 5.96. The number of carbonyl (C=O) groups excluding carboxylic acids is 2. The minimum absolute atomic E-state index is 0.0143. The first-order valence-corrected chi connectivity index (χ1v) is 9.82. The van der Waals surface area contributed by atoms with E-state index in [1.165, 1.54) is 19.1 Å². The molecule has 2 amide bonds. The summed E-state index contributed by atoms with van der Waals surface area (Å²) in [6, 6.07) is 8.02. The molecule has 7 nitrogen and oxygen atoms in total. The highest BCUT2D eigenvalue weighted by molar-refractivity contribution is 5.95. The van der Waals surface area contributed by atoms with Crippen molar-refractivity contribution in [1.29, 1.82) is 0 Å². The van der Waals surface area contributed by atoms with Gasteiger partial charge in [0, 0.05) is 34.8 Å². The highest BCUT2D eigenvalue weighted by Crippen LogP contribution is 2.32. The standard InChI is InChI=1S/C23H21FN4O3/c1-12(2)31-23(30)27-20-9-15(6-7-18(20)24)17-8-16-11-25-21(10-19(16)26-13(17)3)28-22(29)14-4-5-14/h6-11,14H,1,4-5H2,2-3H3,(H,27,30)(H,25,28,29). The lowest BCUT2D eigenvalue weighted by molar-refractivity contribution is -0.117. The van der Waals surface area contributed by atoms with Crippen LogP contribution in [0, 0.1) is 18.7 Å². The monoisotopic (exact) mass is 420 g/mol. The molecule has 1 aromatic carbocycles. The quantitative estimate of drug-likeness (QED) is 0.555. The fourth-order valence-corrected chi connectivity index (χ4v) is 3.18. The number of anilines is 2. The smallest absolute Gasteiger partial charge is 0.416 e. The molecular formula is C23H21FN4O3. The fourth-order valence-electron chi connectivity index (χ4n) is 3.18. The van der Waals surface area contributed by atoms with Crippen molar-refractivity contribution in [2.75, 3.05) is 10.6 Å². The first-order chi connectivity index (χ1) is 14.8. The summed E-state index contributed by atoms with van der Waals surface area (Å²) < 4.78 is 19.0. The number of halogens is 1. The van der Waals surface area contributed by atoms with Crippen LogP contribution in [0.3, 0.4) is 0 Å². The Hall–Kier alpha value is -3.81. The number of nitrogens with zero attached hydrogens (tertiary/aromatic N) is 2. The average molecular weight is 420 g/mol. The van der Waals surface area contributed by atoms with Gasteiger partial charge in [-0.25, -0.2) is 14.2 Å². The van der Waals surface area contributed by atoms with E-state index in [1.807, 2.05) is 13.0 Å². The molecule has 0 saturated heterocycles. The molecule has 2 heterocycles. The van der Waals surface area contributed by atoms with Crippen molar-refractivity contribution in [3.8, 4) is 11.1 Å². The normalized spacial score (nSPS) is 13.0. The molecule has 0 radical (unpaired) electrons. The number of pyridine rings is 2.